The lowest BCUT2D eigenvalue weighted by Gasteiger charge is -2.23. The van der Waals surface area contributed by atoms with E-state index in [9.17, 15) is 9.59 Å². The van der Waals surface area contributed by atoms with Crippen molar-refractivity contribution < 1.29 is 23.8 Å². The van der Waals surface area contributed by atoms with Gasteiger partial charge in [0.05, 0.1) is 0 Å². The van der Waals surface area contributed by atoms with Crippen molar-refractivity contribution in [3.05, 3.63) is 47.5 Å². The van der Waals surface area contributed by atoms with Crippen molar-refractivity contribution in [1.82, 2.24) is 10.6 Å². The number of anilines is 1. The van der Waals surface area contributed by atoms with E-state index in [1.165, 1.54) is 0 Å². The number of para-hydroxylation sites is 1. The molecule has 2 N–H and O–H groups in total. The maximum atomic E-state index is 13.7. The molecule has 3 amide bonds. The van der Waals surface area contributed by atoms with Gasteiger partial charge in [-0.05, 0) is 24.6 Å². The molecule has 0 saturated carbocycles. The van der Waals surface area contributed by atoms with Gasteiger partial charge in [-0.1, -0.05) is 18.2 Å². The second kappa shape index (κ2) is 6.58. The summed E-state index contributed by atoms with van der Waals surface area (Å²) in [7, 11) is 0. The number of rotatable bonds is 4. The van der Waals surface area contributed by atoms with E-state index in [-0.39, 0.29) is 25.3 Å². The second-order valence-corrected chi connectivity index (χ2v) is 7.16. The Morgan fingerprint density at radius 3 is 2.69 bits per heavy atom. The molecule has 0 bridgehead atoms. The number of hydrogen-bond acceptors (Lipinski definition) is 5. The summed E-state index contributed by atoms with van der Waals surface area (Å²) in [5.74, 6) is 1.83. The highest BCUT2D eigenvalue weighted by Crippen LogP contribution is 2.54. The van der Waals surface area contributed by atoms with Crippen LogP contribution in [0.5, 0.6) is 17.2 Å². The number of nitrogens with zero attached hydrogens (tertiary/aromatic N) is 1. The highest BCUT2D eigenvalue weighted by Gasteiger charge is 2.57. The zero-order valence-electron chi connectivity index (χ0n) is 16.0. The molecule has 5 rings (SSSR count). The minimum atomic E-state index is -0.918. The fourth-order valence-electron chi connectivity index (χ4n) is 4.29. The lowest BCUT2D eigenvalue weighted by atomic mass is 9.77. The lowest BCUT2D eigenvalue weighted by molar-refractivity contribution is -0.122. The van der Waals surface area contributed by atoms with Gasteiger partial charge in [0.25, 0.3) is 0 Å². The fourth-order valence-corrected chi connectivity index (χ4v) is 4.29. The van der Waals surface area contributed by atoms with Gasteiger partial charge in [-0.2, -0.15) is 0 Å². The molecule has 0 saturated heterocycles. The molecule has 3 heterocycles. The fraction of sp³-hybridized carbons (Fsp3) is 0.333. The summed E-state index contributed by atoms with van der Waals surface area (Å²) in [6.45, 7) is 3.50. The van der Waals surface area contributed by atoms with Crippen LogP contribution in [0.4, 0.5) is 10.5 Å². The number of fused-ring (bicyclic) bond motifs is 5. The molecule has 1 unspecified atom stereocenters. The lowest BCUT2D eigenvalue weighted by Crippen LogP contribution is -2.46. The first kappa shape index (κ1) is 17.7. The average molecular weight is 395 g/mol. The molecule has 2 aromatic carbocycles. The first-order chi connectivity index (χ1) is 14.1. The summed E-state index contributed by atoms with van der Waals surface area (Å²) in [5.41, 5.74) is 1.61. The molecule has 0 fully saturated rings. The van der Waals surface area contributed by atoms with Gasteiger partial charge in [-0.3, -0.25) is 4.79 Å². The molecular weight excluding hydrogens is 374 g/mol. The molecule has 3 aliphatic rings. The molecule has 150 valence electrons. The molecule has 0 radical (unpaired) electrons. The molecule has 0 aromatic heterocycles. The van der Waals surface area contributed by atoms with Gasteiger partial charge in [-0.15, -0.1) is 0 Å². The maximum Gasteiger partial charge on any atom is 0.314 e. The number of urea groups is 1. The van der Waals surface area contributed by atoms with Crippen LogP contribution >= 0.6 is 0 Å². The third-order valence-corrected chi connectivity index (χ3v) is 5.60. The number of benzene rings is 2. The third kappa shape index (κ3) is 2.52. The van der Waals surface area contributed by atoms with E-state index < -0.39 is 5.41 Å². The Hall–Kier alpha value is -3.42. The SMILES string of the molecule is CCNC(=O)NCCN1C(=O)C2(COc3cc4c(cc32)OCO4)c2ccccc21. The van der Waals surface area contributed by atoms with Crippen LogP contribution in [0.2, 0.25) is 0 Å². The van der Waals surface area contributed by atoms with Crippen LogP contribution in [0.25, 0.3) is 0 Å². The van der Waals surface area contributed by atoms with Crippen LogP contribution in [0, 0.1) is 0 Å². The summed E-state index contributed by atoms with van der Waals surface area (Å²) in [6.07, 6.45) is 0. The number of amides is 3. The standard InChI is InChI=1S/C21H21N3O5/c1-2-22-20(26)23-7-8-24-15-6-4-3-5-13(15)21(19(24)25)11-27-16-10-18-17(9-14(16)21)28-12-29-18/h3-6,9-10H,2,7-8,11-12H2,1H3,(H2,22,23,26). The van der Waals surface area contributed by atoms with Crippen molar-refractivity contribution in [3.63, 3.8) is 0 Å². The van der Waals surface area contributed by atoms with E-state index in [1.807, 2.05) is 37.3 Å². The number of ether oxygens (including phenoxy) is 3. The van der Waals surface area contributed by atoms with Gasteiger partial charge >= 0.3 is 6.03 Å². The summed E-state index contributed by atoms with van der Waals surface area (Å²) >= 11 is 0. The number of carbonyl (C=O) groups is 2. The van der Waals surface area contributed by atoms with E-state index >= 15 is 0 Å². The summed E-state index contributed by atoms with van der Waals surface area (Å²) in [5, 5.41) is 5.47. The van der Waals surface area contributed by atoms with Crippen LogP contribution < -0.4 is 29.7 Å². The number of nitrogens with one attached hydrogen (secondary N) is 2. The maximum absolute atomic E-state index is 13.7. The average Bonchev–Trinajstić information content (AvgIpc) is 3.39. The normalized spacial score (nSPS) is 20.4. The van der Waals surface area contributed by atoms with Crippen molar-refractivity contribution in [2.24, 2.45) is 0 Å². The molecule has 8 heteroatoms. The van der Waals surface area contributed by atoms with Crippen molar-refractivity contribution >= 4 is 17.6 Å². The number of carbonyl (C=O) groups excluding carboxylic acids is 2. The Morgan fingerprint density at radius 2 is 1.86 bits per heavy atom. The van der Waals surface area contributed by atoms with E-state index in [2.05, 4.69) is 10.6 Å². The Morgan fingerprint density at radius 1 is 1.07 bits per heavy atom. The van der Waals surface area contributed by atoms with Crippen LogP contribution in [0.1, 0.15) is 18.1 Å². The van der Waals surface area contributed by atoms with Gasteiger partial charge in [0.1, 0.15) is 17.8 Å². The monoisotopic (exact) mass is 395 g/mol. The summed E-state index contributed by atoms with van der Waals surface area (Å²) < 4.78 is 16.9. The highest BCUT2D eigenvalue weighted by atomic mass is 16.7. The summed E-state index contributed by atoms with van der Waals surface area (Å²) in [6, 6.07) is 11.1. The molecule has 29 heavy (non-hydrogen) atoms. The van der Waals surface area contributed by atoms with Crippen LogP contribution in [0.15, 0.2) is 36.4 Å². The van der Waals surface area contributed by atoms with E-state index in [4.69, 9.17) is 14.2 Å². The van der Waals surface area contributed by atoms with Gasteiger partial charge in [-0.25, -0.2) is 4.79 Å². The van der Waals surface area contributed by atoms with Crippen LogP contribution in [0.3, 0.4) is 0 Å². The Bertz CT molecular complexity index is 1010. The minimum absolute atomic E-state index is 0.0611. The first-order valence-electron chi connectivity index (χ1n) is 9.65. The Kier molecular flexibility index (Phi) is 4.01. The first-order valence-corrected chi connectivity index (χ1v) is 9.65. The van der Waals surface area contributed by atoms with E-state index in [0.29, 0.717) is 36.9 Å². The predicted octanol–water partition coefficient (Wildman–Crippen LogP) is 1.76. The highest BCUT2D eigenvalue weighted by molar-refractivity contribution is 6.11. The van der Waals surface area contributed by atoms with Gasteiger partial charge < -0.3 is 29.7 Å². The molecule has 2 aromatic rings. The molecular formula is C21H21N3O5. The quantitative estimate of drug-likeness (QED) is 0.824. The van der Waals surface area contributed by atoms with Gasteiger partial charge in [0, 0.05) is 37.0 Å². The van der Waals surface area contributed by atoms with Crippen molar-refractivity contribution in [3.8, 4) is 17.2 Å². The van der Waals surface area contributed by atoms with Crippen LogP contribution in [-0.4, -0.2) is 45.0 Å². The third-order valence-electron chi connectivity index (χ3n) is 5.60. The van der Waals surface area contributed by atoms with Crippen molar-refractivity contribution in [2.45, 2.75) is 12.3 Å². The van der Waals surface area contributed by atoms with Crippen LogP contribution in [-0.2, 0) is 10.2 Å². The Balaban J connectivity index is 1.50. The zero-order chi connectivity index (χ0) is 20.0. The second-order valence-electron chi connectivity index (χ2n) is 7.16. The topological polar surface area (TPSA) is 89.1 Å². The van der Waals surface area contributed by atoms with E-state index in [1.54, 1.807) is 11.0 Å². The van der Waals surface area contributed by atoms with Gasteiger partial charge in [0.15, 0.2) is 11.5 Å². The zero-order valence-corrected chi connectivity index (χ0v) is 16.0. The Labute approximate surface area is 167 Å². The van der Waals surface area contributed by atoms with Gasteiger partial charge in [0.2, 0.25) is 12.7 Å². The van der Waals surface area contributed by atoms with Crippen molar-refractivity contribution in [2.75, 3.05) is 37.9 Å². The number of hydrogen-bond donors (Lipinski definition) is 2. The molecule has 8 nitrogen and oxygen atoms in total. The van der Waals surface area contributed by atoms with E-state index in [0.717, 1.165) is 16.8 Å². The molecule has 3 aliphatic heterocycles. The largest absolute Gasteiger partial charge is 0.491 e. The predicted molar refractivity (Wildman–Crippen MR) is 105 cm³/mol. The molecule has 1 atom stereocenters. The minimum Gasteiger partial charge on any atom is -0.491 e. The summed E-state index contributed by atoms with van der Waals surface area (Å²) in [4.78, 5) is 27.1. The molecule has 0 aliphatic carbocycles. The van der Waals surface area contributed by atoms with Crippen molar-refractivity contribution in [1.29, 1.82) is 0 Å². The smallest absolute Gasteiger partial charge is 0.314 e. The molecule has 1 spiro atoms.